The molecule has 0 aromatic heterocycles. The van der Waals surface area contributed by atoms with Crippen molar-refractivity contribution in [2.75, 3.05) is 0 Å². The quantitative estimate of drug-likeness (QED) is 0.849. The number of nitrogens with one attached hydrogen (secondary N) is 1. The fourth-order valence-corrected chi connectivity index (χ4v) is 3.10. The van der Waals surface area contributed by atoms with E-state index in [1.807, 2.05) is 54.6 Å². The lowest BCUT2D eigenvalue weighted by Crippen LogP contribution is -2.43. The lowest BCUT2D eigenvalue weighted by Gasteiger charge is -2.30. The first-order valence-electron chi connectivity index (χ1n) is 6.79. The summed E-state index contributed by atoms with van der Waals surface area (Å²) in [4.78, 5) is 24.1. The minimum atomic E-state index is -0.335. The van der Waals surface area contributed by atoms with Crippen molar-refractivity contribution >= 4 is 27.7 Å². The molecule has 1 heterocycles. The third-order valence-corrected chi connectivity index (χ3v) is 4.34. The fourth-order valence-electron chi connectivity index (χ4n) is 2.83. The van der Waals surface area contributed by atoms with Gasteiger partial charge in [-0.1, -0.05) is 58.4 Å². The summed E-state index contributed by atoms with van der Waals surface area (Å²) in [6.07, 6.45) is 0.330. The molecule has 2 amide bonds. The highest BCUT2D eigenvalue weighted by Crippen LogP contribution is 2.38. The van der Waals surface area contributed by atoms with Crippen LogP contribution in [0.3, 0.4) is 0 Å². The van der Waals surface area contributed by atoms with Crippen molar-refractivity contribution in [2.45, 2.75) is 18.3 Å². The molecule has 0 bridgehead atoms. The maximum atomic E-state index is 12.3. The van der Waals surface area contributed by atoms with Crippen LogP contribution in [0.5, 0.6) is 0 Å². The van der Waals surface area contributed by atoms with Crippen molar-refractivity contribution in [1.82, 2.24) is 5.32 Å². The Morgan fingerprint density at radius 3 is 2.24 bits per heavy atom. The molecule has 1 saturated heterocycles. The average molecular weight is 344 g/mol. The molecule has 3 rings (SSSR count). The van der Waals surface area contributed by atoms with Gasteiger partial charge < -0.3 is 0 Å². The summed E-state index contributed by atoms with van der Waals surface area (Å²) in [5, 5.41) is 2.45. The molecule has 1 N–H and O–H groups in total. The summed E-state index contributed by atoms with van der Waals surface area (Å²) >= 11 is 3.40. The maximum Gasteiger partial charge on any atom is 0.234 e. The van der Waals surface area contributed by atoms with Gasteiger partial charge in [-0.2, -0.15) is 0 Å². The molecular weight excluding hydrogens is 330 g/mol. The Labute approximate surface area is 131 Å². The second-order valence-corrected chi connectivity index (χ2v) is 6.08. The summed E-state index contributed by atoms with van der Waals surface area (Å²) < 4.78 is 0.967. The van der Waals surface area contributed by atoms with Crippen molar-refractivity contribution in [3.8, 4) is 0 Å². The number of imide groups is 1. The fraction of sp³-hybridized carbons (Fsp3) is 0.176. The third kappa shape index (κ3) is 2.90. The Balaban J connectivity index is 2.03. The van der Waals surface area contributed by atoms with Crippen molar-refractivity contribution in [1.29, 1.82) is 0 Å². The van der Waals surface area contributed by atoms with E-state index in [-0.39, 0.29) is 23.7 Å². The van der Waals surface area contributed by atoms with E-state index in [4.69, 9.17) is 0 Å². The zero-order chi connectivity index (χ0) is 14.8. The van der Waals surface area contributed by atoms with Crippen molar-refractivity contribution < 1.29 is 9.59 Å². The molecule has 3 nitrogen and oxygen atoms in total. The molecule has 21 heavy (non-hydrogen) atoms. The Kier molecular flexibility index (Phi) is 3.88. The standard InChI is InChI=1S/C17H14BrNO2/c18-13-8-6-12(7-9-13)16-14(10-15(20)19-17(16)21)11-4-2-1-3-5-11/h1-9,14,16H,10H2,(H,19,20,21). The molecule has 0 spiro atoms. The summed E-state index contributed by atoms with van der Waals surface area (Å²) in [5.74, 6) is -0.878. The Hall–Kier alpha value is -1.94. The van der Waals surface area contributed by atoms with Gasteiger partial charge in [0.25, 0.3) is 0 Å². The number of benzene rings is 2. The smallest absolute Gasteiger partial charge is 0.234 e. The molecule has 1 fully saturated rings. The van der Waals surface area contributed by atoms with Gasteiger partial charge in [0.1, 0.15) is 0 Å². The van der Waals surface area contributed by atoms with Crippen LogP contribution in [-0.4, -0.2) is 11.8 Å². The number of hydrogen-bond donors (Lipinski definition) is 1. The van der Waals surface area contributed by atoms with Crippen LogP contribution in [0.1, 0.15) is 29.4 Å². The van der Waals surface area contributed by atoms with Crippen molar-refractivity contribution in [3.05, 3.63) is 70.2 Å². The van der Waals surface area contributed by atoms with Gasteiger partial charge in [-0.25, -0.2) is 0 Å². The topological polar surface area (TPSA) is 46.2 Å². The number of rotatable bonds is 2. The molecule has 4 heteroatoms. The first kappa shape index (κ1) is 14.0. The number of amides is 2. The van der Waals surface area contributed by atoms with Crippen LogP contribution in [0, 0.1) is 0 Å². The zero-order valence-corrected chi connectivity index (χ0v) is 12.8. The summed E-state index contributed by atoms with van der Waals surface area (Å²) in [6.45, 7) is 0. The third-order valence-electron chi connectivity index (χ3n) is 3.81. The predicted molar refractivity (Wildman–Crippen MR) is 83.8 cm³/mol. The molecule has 0 radical (unpaired) electrons. The second kappa shape index (κ2) is 5.82. The van der Waals surface area contributed by atoms with Crippen LogP contribution in [0.2, 0.25) is 0 Å². The highest BCUT2D eigenvalue weighted by Gasteiger charge is 2.37. The Morgan fingerprint density at radius 1 is 0.905 bits per heavy atom. The largest absolute Gasteiger partial charge is 0.296 e. The molecule has 2 aromatic carbocycles. The summed E-state index contributed by atoms with van der Waals surface area (Å²) in [6, 6.07) is 17.5. The van der Waals surface area contributed by atoms with E-state index in [1.54, 1.807) is 0 Å². The average Bonchev–Trinajstić information content (AvgIpc) is 2.49. The minimum Gasteiger partial charge on any atom is -0.296 e. The maximum absolute atomic E-state index is 12.3. The molecule has 1 aliphatic heterocycles. The molecule has 106 valence electrons. The number of halogens is 1. The Morgan fingerprint density at radius 2 is 1.57 bits per heavy atom. The van der Waals surface area contributed by atoms with Gasteiger partial charge >= 0.3 is 0 Å². The van der Waals surface area contributed by atoms with Gasteiger partial charge in [-0.15, -0.1) is 0 Å². The van der Waals surface area contributed by atoms with E-state index < -0.39 is 0 Å². The van der Waals surface area contributed by atoms with Gasteiger partial charge in [-0.05, 0) is 23.3 Å². The highest BCUT2D eigenvalue weighted by molar-refractivity contribution is 9.10. The number of piperidine rings is 1. The molecule has 2 unspecified atom stereocenters. The van der Waals surface area contributed by atoms with Crippen LogP contribution in [-0.2, 0) is 9.59 Å². The van der Waals surface area contributed by atoms with E-state index in [9.17, 15) is 9.59 Å². The lowest BCUT2D eigenvalue weighted by atomic mass is 9.76. The van der Waals surface area contributed by atoms with Crippen molar-refractivity contribution in [3.63, 3.8) is 0 Å². The van der Waals surface area contributed by atoms with Gasteiger partial charge in [0, 0.05) is 16.8 Å². The van der Waals surface area contributed by atoms with Crippen molar-refractivity contribution in [2.24, 2.45) is 0 Å². The SMILES string of the molecule is O=C1CC(c2ccccc2)C(c2ccc(Br)cc2)C(=O)N1. The number of carbonyl (C=O) groups is 2. The monoisotopic (exact) mass is 343 g/mol. The van der Waals surface area contributed by atoms with E-state index in [1.165, 1.54) is 0 Å². The lowest BCUT2D eigenvalue weighted by molar-refractivity contribution is -0.135. The van der Waals surface area contributed by atoms with Gasteiger partial charge in [-0.3, -0.25) is 14.9 Å². The molecule has 0 aliphatic carbocycles. The zero-order valence-electron chi connectivity index (χ0n) is 11.3. The van der Waals surface area contributed by atoms with E-state index in [0.717, 1.165) is 15.6 Å². The van der Waals surface area contributed by atoms with E-state index in [0.29, 0.717) is 6.42 Å². The predicted octanol–water partition coefficient (Wildman–Crippen LogP) is 3.36. The Bertz CT molecular complexity index is 667. The van der Waals surface area contributed by atoms with Crippen LogP contribution < -0.4 is 5.32 Å². The van der Waals surface area contributed by atoms with E-state index >= 15 is 0 Å². The molecular formula is C17H14BrNO2. The summed E-state index contributed by atoms with van der Waals surface area (Å²) in [5.41, 5.74) is 1.95. The van der Waals surface area contributed by atoms with Crippen LogP contribution >= 0.6 is 15.9 Å². The van der Waals surface area contributed by atoms with Crippen LogP contribution in [0.15, 0.2) is 59.1 Å². The first-order valence-corrected chi connectivity index (χ1v) is 7.58. The van der Waals surface area contributed by atoms with Crippen LogP contribution in [0.4, 0.5) is 0 Å². The van der Waals surface area contributed by atoms with Gasteiger partial charge in [0.05, 0.1) is 5.92 Å². The van der Waals surface area contributed by atoms with Gasteiger partial charge in [0.15, 0.2) is 0 Å². The minimum absolute atomic E-state index is 0.117. The number of hydrogen-bond acceptors (Lipinski definition) is 2. The summed E-state index contributed by atoms with van der Waals surface area (Å²) in [7, 11) is 0. The first-order chi connectivity index (χ1) is 10.1. The normalized spacial score (nSPS) is 22.0. The van der Waals surface area contributed by atoms with E-state index in [2.05, 4.69) is 21.2 Å². The molecule has 1 aliphatic rings. The highest BCUT2D eigenvalue weighted by atomic mass is 79.9. The molecule has 2 atom stereocenters. The molecule has 0 saturated carbocycles. The van der Waals surface area contributed by atoms with Gasteiger partial charge in [0.2, 0.25) is 11.8 Å². The molecule has 2 aromatic rings. The number of carbonyl (C=O) groups excluding carboxylic acids is 2. The second-order valence-electron chi connectivity index (χ2n) is 5.16. The van der Waals surface area contributed by atoms with Crippen LogP contribution in [0.25, 0.3) is 0 Å².